The Morgan fingerprint density at radius 3 is 1.01 bits per heavy atom. The molecule has 0 fully saturated rings. The Bertz CT molecular complexity index is 4350. The smallest absolute Gasteiger partial charge is 0.0992 e. The Hall–Kier alpha value is -1.49. The summed E-state index contributed by atoms with van der Waals surface area (Å²) >= 11 is 9.52. The van der Waals surface area contributed by atoms with Gasteiger partial charge in [0.2, 0.25) is 0 Å². The Kier molecular flexibility index (Phi) is 24.6. The fraction of sp³-hybridized carbons (Fsp3) is 0.281. The van der Waals surface area contributed by atoms with Gasteiger partial charge in [-0.2, -0.15) is 5.26 Å². The van der Waals surface area contributed by atoms with Gasteiger partial charge < -0.3 is 0 Å². The van der Waals surface area contributed by atoms with Gasteiger partial charge >= 0.3 is 0 Å². The van der Waals surface area contributed by atoms with Gasteiger partial charge in [0.1, 0.15) is 0 Å². The van der Waals surface area contributed by atoms with Crippen LogP contribution in [0.5, 0.6) is 0 Å². The van der Waals surface area contributed by atoms with Crippen molar-refractivity contribution in [2.45, 2.75) is 104 Å². The standard InChI is InChI=1S/C57H55N3.S21/c1-35-23-52(38-19-21-48-50(28-38)56(7,8)33-54(48,3)4)59-31-46(35)44-17-13-11-15-42(44)40-25-37(30-58)26-41(27-40)43-16-12-14-18-45(43)47-32-60-53(24-36(47)2)39-20-22-49-51(29-39)57(9,10)34-55(49,5)6;1-3-5-7-9-11-13-15-17-19-21-20-18-16-14-12-10-8-6-4-2/h11-29,31-32H,33-34H2,1-10H3;. The Morgan fingerprint density at radius 2 is 0.691 bits per heavy atom. The van der Waals surface area contributed by atoms with E-state index in [0.717, 1.165) is 91.0 Å². The highest BCUT2D eigenvalue weighted by molar-refractivity contribution is 8.78. The molecule has 0 atom stereocenters. The van der Waals surface area contributed by atoms with Crippen LogP contribution in [0.1, 0.15) is 107 Å². The molecule has 0 saturated carbocycles. The van der Waals surface area contributed by atoms with Crippen LogP contribution in [0, 0.1) is 25.2 Å². The molecule has 2 aromatic heterocycles. The molecule has 0 bridgehead atoms. The van der Waals surface area contributed by atoms with Crippen LogP contribution in [0.4, 0.5) is 0 Å². The second kappa shape index (κ2) is 30.4. The molecule has 2 aliphatic rings. The summed E-state index contributed by atoms with van der Waals surface area (Å²) < 4.78 is 0. The van der Waals surface area contributed by atoms with Gasteiger partial charge in [0.05, 0.1) is 23.0 Å². The zero-order valence-electron chi connectivity index (χ0n) is 45.5. The summed E-state index contributed by atoms with van der Waals surface area (Å²) in [6, 6.07) is 44.0. The van der Waals surface area contributed by atoms with Gasteiger partial charge in [0.25, 0.3) is 0 Å². The predicted molar refractivity (Wildman–Crippen MR) is 405 cm³/mol. The van der Waals surface area contributed by atoms with Crippen LogP contribution in [0.25, 0.3) is 67.0 Å². The largest absolute Gasteiger partial charge is 0.256 e. The molecule has 0 spiro atoms. The molecule has 0 N–H and O–H groups in total. The summed E-state index contributed by atoms with van der Waals surface area (Å²) in [7, 11) is 32.6. The third-order valence-corrected chi connectivity index (χ3v) is 54.2. The van der Waals surface area contributed by atoms with E-state index in [-0.39, 0.29) is 21.7 Å². The molecule has 0 aliphatic heterocycles. The number of nitriles is 1. The number of pyridine rings is 2. The fourth-order valence-electron chi connectivity index (χ4n) is 11.4. The monoisotopic (exact) mass is 1450 g/mol. The van der Waals surface area contributed by atoms with Gasteiger partial charge in [0.15, 0.2) is 0 Å². The molecule has 424 valence electrons. The van der Waals surface area contributed by atoms with E-state index in [1.807, 2.05) is 24.5 Å². The van der Waals surface area contributed by atoms with Crippen LogP contribution >= 0.6 is 0 Å². The van der Waals surface area contributed by atoms with Crippen molar-refractivity contribution in [1.29, 1.82) is 5.26 Å². The quantitative estimate of drug-likeness (QED) is 0.166. The third-order valence-electron chi connectivity index (χ3n) is 14.2. The summed E-state index contributed by atoms with van der Waals surface area (Å²) in [4.78, 5) is 10.2. The normalized spacial score (nSPS) is 14.2. The topological polar surface area (TPSA) is 49.6 Å². The Labute approximate surface area is 542 Å². The predicted octanol–water partition coefficient (Wildman–Crippen LogP) is 14.8. The molecule has 0 unspecified atom stereocenters. The lowest BCUT2D eigenvalue weighted by Crippen LogP contribution is -2.18. The summed E-state index contributed by atoms with van der Waals surface area (Å²) in [6.45, 7) is 23.2. The molecule has 2 heterocycles. The summed E-state index contributed by atoms with van der Waals surface area (Å²) in [5.74, 6) is 0. The maximum atomic E-state index is 10.4. The molecule has 24 heteroatoms. The van der Waals surface area contributed by atoms with Crippen LogP contribution in [0.15, 0.2) is 128 Å². The number of hydrogen-bond donors (Lipinski definition) is 0. The lowest BCUT2D eigenvalue weighted by Gasteiger charge is -2.22. The van der Waals surface area contributed by atoms with Crippen LogP contribution in [-0.2, 0) is 213 Å². The van der Waals surface area contributed by atoms with Crippen LogP contribution in [0.2, 0.25) is 0 Å². The van der Waals surface area contributed by atoms with Gasteiger partial charge in [-0.25, -0.2) is 0 Å². The van der Waals surface area contributed by atoms with Crippen molar-refractivity contribution in [1.82, 2.24) is 9.97 Å². The van der Waals surface area contributed by atoms with E-state index in [2.05, 4.69) is 178 Å². The number of aryl methyl sites for hydroxylation is 2. The highest BCUT2D eigenvalue weighted by Crippen LogP contribution is 2.52. The van der Waals surface area contributed by atoms with E-state index in [4.69, 9.17) is 32.3 Å². The minimum absolute atomic E-state index is 0.124. The molecular formula is C57H55N3S21. The van der Waals surface area contributed by atoms with Gasteiger partial charge in [-0.05, 0) is 158 Å². The molecule has 0 saturated heterocycles. The van der Waals surface area contributed by atoms with E-state index < -0.39 is 0 Å². The lowest BCUT2D eigenvalue weighted by atomic mass is 9.82. The van der Waals surface area contributed by atoms with Crippen LogP contribution < -0.4 is 0 Å². The summed E-state index contributed by atoms with van der Waals surface area (Å²) in [6.07, 6.45) is 6.33. The minimum Gasteiger partial charge on any atom is -0.256 e. The number of fused-ring (bicyclic) bond motifs is 2. The molecule has 5 aromatic carbocycles. The zero-order chi connectivity index (χ0) is 57.8. The molecule has 2 aliphatic carbocycles. The van der Waals surface area contributed by atoms with E-state index >= 15 is 0 Å². The van der Waals surface area contributed by atoms with Gasteiger partial charge in [-0.1, -0.05) is 128 Å². The van der Waals surface area contributed by atoms with Crippen molar-refractivity contribution in [2.24, 2.45) is 0 Å². The van der Waals surface area contributed by atoms with Crippen molar-refractivity contribution in [2.75, 3.05) is 0 Å². The van der Waals surface area contributed by atoms with E-state index in [1.54, 1.807) is 151 Å². The summed E-state index contributed by atoms with van der Waals surface area (Å²) in [5, 5.41) is 10.4. The average Bonchev–Trinajstić information content (AvgIpc) is 3.97. The molecule has 3 nitrogen and oxygen atoms in total. The highest BCUT2D eigenvalue weighted by atomic mass is 33.5. The number of aromatic nitrogens is 2. The molecular weight excluding hydrogens is 1400 g/mol. The van der Waals surface area contributed by atoms with Gasteiger partial charge in [-0.15, -0.1) is 0 Å². The first kappa shape index (κ1) is 65.5. The van der Waals surface area contributed by atoms with Crippen LogP contribution in [-0.4, -0.2) is 9.97 Å². The number of benzene rings is 5. The van der Waals surface area contributed by atoms with Crippen molar-refractivity contribution < 1.29 is 0 Å². The fourth-order valence-corrected chi connectivity index (χ4v) is 58.1. The first-order chi connectivity index (χ1) is 38.9. The number of hydrogen-bond acceptors (Lipinski definition) is 5. The van der Waals surface area contributed by atoms with Crippen molar-refractivity contribution >= 4 is 191 Å². The van der Waals surface area contributed by atoms with Crippen LogP contribution in [0.3, 0.4) is 0 Å². The third kappa shape index (κ3) is 17.0. The molecule has 9 rings (SSSR count). The van der Waals surface area contributed by atoms with Crippen molar-refractivity contribution in [3.05, 3.63) is 167 Å². The Morgan fingerprint density at radius 1 is 0.370 bits per heavy atom. The van der Waals surface area contributed by atoms with E-state index in [1.165, 1.54) is 40.0 Å². The average molecular weight is 1460 g/mol. The first-order valence-corrected chi connectivity index (χ1v) is 51.4. The zero-order valence-corrected chi connectivity index (χ0v) is 62.6. The molecule has 81 heavy (non-hydrogen) atoms. The van der Waals surface area contributed by atoms with E-state index in [0.29, 0.717) is 5.56 Å². The second-order valence-corrected chi connectivity index (χ2v) is 55.1. The van der Waals surface area contributed by atoms with Gasteiger partial charge in [0, 0.05) is 226 Å². The molecule has 7 aromatic rings. The van der Waals surface area contributed by atoms with Gasteiger partial charge in [-0.3, -0.25) is 9.97 Å². The summed E-state index contributed by atoms with van der Waals surface area (Å²) in [5.41, 5.74) is 22.0. The van der Waals surface area contributed by atoms with Crippen molar-refractivity contribution in [3.63, 3.8) is 0 Å². The molecule has 0 amide bonds. The molecule has 0 radical (unpaired) electrons. The van der Waals surface area contributed by atoms with Crippen molar-refractivity contribution in [3.8, 4) is 73.1 Å². The lowest BCUT2D eigenvalue weighted by molar-refractivity contribution is 0.402. The number of rotatable bonds is 6. The second-order valence-electron chi connectivity index (χ2n) is 21.5. The highest BCUT2D eigenvalue weighted by Gasteiger charge is 2.43. The first-order valence-electron chi connectivity index (χ1n) is 24.8. The number of nitrogens with zero attached hydrogens (tertiary/aromatic N) is 3. The maximum Gasteiger partial charge on any atom is 0.0992 e. The SMILES string of the molecule is Cc1cc(-c2ccc3c(c2)C(C)(C)CC3(C)C)ncc1-c1ccccc1-c1cc(C#N)cc(-c2ccccc2-c2cnc(-c3ccc4c(c3)C(C)(C)CC4(C)C)cc2C)c1.S=S=S=S=S=S=S=S=S=S=S=S=S=S=S=S=S=S=S=S=S. The maximum absolute atomic E-state index is 10.4. The Balaban J connectivity index is 0.000000349. The van der Waals surface area contributed by atoms with E-state index in [9.17, 15) is 5.26 Å². The minimum atomic E-state index is 0.124.